The molecule has 1 saturated heterocycles. The average Bonchev–Trinajstić information content (AvgIpc) is 3.14. The van der Waals surface area contributed by atoms with Crippen molar-refractivity contribution in [1.82, 2.24) is 20.4 Å². The number of ether oxygens (including phenoxy) is 1. The topological polar surface area (TPSA) is 87.7 Å². The van der Waals surface area contributed by atoms with E-state index in [0.29, 0.717) is 24.6 Å². The van der Waals surface area contributed by atoms with Crippen molar-refractivity contribution in [2.24, 2.45) is 0 Å². The van der Waals surface area contributed by atoms with Gasteiger partial charge in [0.05, 0.1) is 0 Å². The highest BCUT2D eigenvalue weighted by Gasteiger charge is 2.38. The standard InChI is InChI=1S/C17H27N5O3S2/c1-3-10-21-11-9-13(25-15(23)18-12-7-5-4-6-8-12)22(17(21)24)14-19-20-16(26-2)27-14/h12-13H,3-11H2,1-2H3,(H,18,23). The van der Waals surface area contributed by atoms with Crippen LogP contribution in [-0.2, 0) is 4.74 Å². The molecule has 0 radical (unpaired) electrons. The number of carbonyl (C=O) groups excluding carboxylic acids is 2. The molecule has 2 aliphatic rings. The van der Waals surface area contributed by atoms with Gasteiger partial charge in [0, 0.05) is 25.6 Å². The number of carbonyl (C=O) groups is 2. The molecule has 0 aromatic carbocycles. The van der Waals surface area contributed by atoms with Crippen LogP contribution in [0, 0.1) is 0 Å². The van der Waals surface area contributed by atoms with Gasteiger partial charge in [-0.2, -0.15) is 0 Å². The number of nitrogens with one attached hydrogen (secondary N) is 1. The Bertz CT molecular complexity index is 650. The first-order chi connectivity index (χ1) is 13.1. The Morgan fingerprint density at radius 3 is 2.74 bits per heavy atom. The van der Waals surface area contributed by atoms with Gasteiger partial charge in [0.25, 0.3) is 0 Å². The smallest absolute Gasteiger partial charge is 0.409 e. The first-order valence-electron chi connectivity index (χ1n) is 9.55. The summed E-state index contributed by atoms with van der Waals surface area (Å²) in [5.74, 6) is 0. The molecule has 1 unspecified atom stereocenters. The zero-order valence-electron chi connectivity index (χ0n) is 15.8. The third-order valence-corrected chi connectivity index (χ3v) is 6.75. The molecule has 1 saturated carbocycles. The predicted molar refractivity (Wildman–Crippen MR) is 106 cm³/mol. The fraction of sp³-hybridized carbons (Fsp3) is 0.765. The first-order valence-corrected chi connectivity index (χ1v) is 11.6. The number of hydrogen-bond acceptors (Lipinski definition) is 7. The predicted octanol–water partition coefficient (Wildman–Crippen LogP) is 3.69. The summed E-state index contributed by atoms with van der Waals surface area (Å²) < 4.78 is 6.44. The van der Waals surface area contributed by atoms with Crippen molar-refractivity contribution in [2.75, 3.05) is 24.2 Å². The fourth-order valence-corrected chi connectivity index (χ4v) is 4.81. The quantitative estimate of drug-likeness (QED) is 0.565. The van der Waals surface area contributed by atoms with Crippen LogP contribution in [0.15, 0.2) is 4.34 Å². The minimum atomic E-state index is -0.656. The Kier molecular flexibility index (Phi) is 7.17. The third kappa shape index (κ3) is 5.04. The molecular formula is C17H27N5O3S2. The number of nitrogens with zero attached hydrogens (tertiary/aromatic N) is 4. The molecule has 0 bridgehead atoms. The summed E-state index contributed by atoms with van der Waals surface area (Å²) in [6.45, 7) is 3.28. The molecule has 150 valence electrons. The van der Waals surface area contributed by atoms with Crippen LogP contribution >= 0.6 is 23.1 Å². The number of aromatic nitrogens is 2. The van der Waals surface area contributed by atoms with Crippen molar-refractivity contribution in [1.29, 1.82) is 0 Å². The molecule has 3 amide bonds. The second-order valence-electron chi connectivity index (χ2n) is 6.82. The summed E-state index contributed by atoms with van der Waals surface area (Å²) in [5.41, 5.74) is 0. The lowest BCUT2D eigenvalue weighted by atomic mass is 9.96. The van der Waals surface area contributed by atoms with E-state index in [4.69, 9.17) is 4.74 Å². The fourth-order valence-electron chi connectivity index (χ4n) is 3.51. The van der Waals surface area contributed by atoms with Gasteiger partial charge in [0.1, 0.15) is 0 Å². The van der Waals surface area contributed by atoms with E-state index in [1.807, 2.05) is 13.2 Å². The van der Waals surface area contributed by atoms with Crippen LogP contribution in [0.2, 0.25) is 0 Å². The molecule has 1 aromatic heterocycles. The van der Waals surface area contributed by atoms with E-state index >= 15 is 0 Å². The van der Waals surface area contributed by atoms with Gasteiger partial charge in [0.15, 0.2) is 10.6 Å². The second kappa shape index (κ2) is 9.59. The lowest BCUT2D eigenvalue weighted by Crippen LogP contribution is -2.57. The number of hydrogen-bond donors (Lipinski definition) is 1. The number of alkyl carbamates (subject to hydrolysis) is 1. The van der Waals surface area contributed by atoms with E-state index in [1.165, 1.54) is 34.4 Å². The van der Waals surface area contributed by atoms with Gasteiger partial charge >= 0.3 is 12.1 Å². The molecule has 1 atom stereocenters. The number of thioether (sulfide) groups is 1. The molecule has 2 heterocycles. The van der Waals surface area contributed by atoms with Gasteiger partial charge < -0.3 is 15.0 Å². The number of amides is 3. The first kappa shape index (κ1) is 20.2. The lowest BCUT2D eigenvalue weighted by molar-refractivity contribution is 0.0677. The summed E-state index contributed by atoms with van der Waals surface area (Å²) >= 11 is 2.81. The highest BCUT2D eigenvalue weighted by molar-refractivity contribution is 8.00. The van der Waals surface area contributed by atoms with Crippen LogP contribution in [0.1, 0.15) is 51.9 Å². The van der Waals surface area contributed by atoms with E-state index in [0.717, 1.165) is 36.4 Å². The molecule has 8 nitrogen and oxygen atoms in total. The third-order valence-electron chi connectivity index (χ3n) is 4.85. The Morgan fingerprint density at radius 2 is 2.07 bits per heavy atom. The maximum atomic E-state index is 13.0. The highest BCUT2D eigenvalue weighted by atomic mass is 32.2. The highest BCUT2D eigenvalue weighted by Crippen LogP contribution is 2.31. The molecule has 10 heteroatoms. The zero-order chi connectivity index (χ0) is 19.2. The Balaban J connectivity index is 1.70. The van der Waals surface area contributed by atoms with Crippen molar-refractivity contribution in [3.8, 4) is 0 Å². The summed E-state index contributed by atoms with van der Waals surface area (Å²) in [6, 6.07) is -0.0115. The average molecular weight is 414 g/mol. The van der Waals surface area contributed by atoms with Crippen LogP contribution in [0.4, 0.5) is 14.7 Å². The van der Waals surface area contributed by atoms with E-state index in [2.05, 4.69) is 15.5 Å². The molecule has 1 aromatic rings. The maximum absolute atomic E-state index is 13.0. The normalized spacial score (nSPS) is 21.4. The molecule has 1 aliphatic carbocycles. The zero-order valence-corrected chi connectivity index (χ0v) is 17.5. The SMILES string of the molecule is CCCN1CCC(OC(=O)NC2CCCCC2)N(c2nnc(SC)s2)C1=O. The number of anilines is 1. The van der Waals surface area contributed by atoms with Crippen LogP contribution in [0.5, 0.6) is 0 Å². The minimum Gasteiger partial charge on any atom is -0.425 e. The van der Waals surface area contributed by atoms with E-state index in [-0.39, 0.29) is 12.1 Å². The molecule has 27 heavy (non-hydrogen) atoms. The monoisotopic (exact) mass is 413 g/mol. The van der Waals surface area contributed by atoms with Crippen LogP contribution in [-0.4, -0.2) is 58.8 Å². The van der Waals surface area contributed by atoms with E-state index in [1.54, 1.807) is 4.90 Å². The van der Waals surface area contributed by atoms with Crippen LogP contribution in [0.3, 0.4) is 0 Å². The second-order valence-corrected chi connectivity index (χ2v) is 8.83. The molecule has 1 aliphatic heterocycles. The van der Waals surface area contributed by atoms with Gasteiger partial charge in [-0.1, -0.05) is 49.3 Å². The molecular weight excluding hydrogens is 386 g/mol. The molecule has 3 rings (SSSR count). The lowest BCUT2D eigenvalue weighted by Gasteiger charge is -2.39. The van der Waals surface area contributed by atoms with Gasteiger partial charge in [0.2, 0.25) is 5.13 Å². The van der Waals surface area contributed by atoms with Gasteiger partial charge in [-0.05, 0) is 25.5 Å². The van der Waals surface area contributed by atoms with Crippen molar-refractivity contribution in [3.63, 3.8) is 0 Å². The van der Waals surface area contributed by atoms with Crippen molar-refractivity contribution in [2.45, 2.75) is 68.5 Å². The van der Waals surface area contributed by atoms with E-state index in [9.17, 15) is 9.59 Å². The van der Waals surface area contributed by atoms with E-state index < -0.39 is 12.3 Å². The summed E-state index contributed by atoms with van der Waals surface area (Å²) in [5, 5.41) is 11.7. The maximum Gasteiger partial charge on any atom is 0.409 e. The minimum absolute atomic E-state index is 0.167. The Labute approximate surface area is 168 Å². The van der Waals surface area contributed by atoms with Crippen molar-refractivity contribution < 1.29 is 14.3 Å². The van der Waals surface area contributed by atoms with Crippen molar-refractivity contribution >= 4 is 40.4 Å². The van der Waals surface area contributed by atoms with Gasteiger partial charge in [-0.25, -0.2) is 14.5 Å². The molecule has 2 fully saturated rings. The number of rotatable bonds is 6. The Hall–Kier alpha value is -1.55. The summed E-state index contributed by atoms with van der Waals surface area (Å²) in [6.07, 6.45) is 7.69. The number of urea groups is 1. The summed E-state index contributed by atoms with van der Waals surface area (Å²) in [7, 11) is 0. The Morgan fingerprint density at radius 1 is 1.30 bits per heavy atom. The van der Waals surface area contributed by atoms with Crippen LogP contribution < -0.4 is 10.2 Å². The molecule has 0 spiro atoms. The van der Waals surface area contributed by atoms with Crippen LogP contribution in [0.25, 0.3) is 0 Å². The van der Waals surface area contributed by atoms with Crippen molar-refractivity contribution in [3.05, 3.63) is 0 Å². The van der Waals surface area contributed by atoms with Gasteiger partial charge in [-0.3, -0.25) is 0 Å². The molecule has 1 N–H and O–H groups in total. The largest absolute Gasteiger partial charge is 0.425 e. The van der Waals surface area contributed by atoms with Gasteiger partial charge in [-0.15, -0.1) is 10.2 Å². The summed E-state index contributed by atoms with van der Waals surface area (Å²) in [4.78, 5) is 28.6.